The smallest absolute Gasteiger partial charge is 0.227 e. The first-order chi connectivity index (χ1) is 12.6. The maximum absolute atomic E-state index is 9.91. The van der Waals surface area contributed by atoms with Crippen LogP contribution in [0.25, 0.3) is 22.6 Å². The topological polar surface area (TPSA) is 78.9 Å². The van der Waals surface area contributed by atoms with E-state index in [9.17, 15) is 10.2 Å². The summed E-state index contributed by atoms with van der Waals surface area (Å²) >= 11 is 3.22. The molecule has 4 rings (SSSR count). The van der Waals surface area contributed by atoms with Gasteiger partial charge in [-0.3, -0.25) is 4.99 Å². The predicted molar refractivity (Wildman–Crippen MR) is 104 cm³/mol. The first-order valence-electron chi connectivity index (χ1n) is 7.82. The molecule has 0 bridgehead atoms. The number of benzene rings is 3. The van der Waals surface area contributed by atoms with Gasteiger partial charge in [-0.15, -0.1) is 0 Å². The molecule has 0 aliphatic carbocycles. The highest BCUT2D eigenvalue weighted by molar-refractivity contribution is 9.10. The average Bonchev–Trinajstić information content (AvgIpc) is 3.08. The number of halogens is 1. The van der Waals surface area contributed by atoms with Crippen LogP contribution in [0.1, 0.15) is 5.56 Å². The van der Waals surface area contributed by atoms with Crippen molar-refractivity contribution < 1.29 is 14.6 Å². The maximum Gasteiger partial charge on any atom is 0.227 e. The van der Waals surface area contributed by atoms with Crippen molar-refractivity contribution in [2.45, 2.75) is 0 Å². The number of nitrogens with zero attached hydrogens (tertiary/aromatic N) is 2. The Morgan fingerprint density at radius 1 is 0.962 bits per heavy atom. The highest BCUT2D eigenvalue weighted by atomic mass is 79.9. The molecule has 0 fully saturated rings. The second kappa shape index (κ2) is 6.65. The summed E-state index contributed by atoms with van der Waals surface area (Å²) in [6.45, 7) is 0. The third kappa shape index (κ3) is 3.19. The molecular weight excluding hydrogens is 396 g/mol. The Kier molecular flexibility index (Phi) is 4.18. The van der Waals surface area contributed by atoms with Gasteiger partial charge in [-0.2, -0.15) is 0 Å². The van der Waals surface area contributed by atoms with E-state index in [1.165, 1.54) is 12.3 Å². The van der Waals surface area contributed by atoms with Crippen molar-refractivity contribution >= 4 is 38.9 Å². The lowest BCUT2D eigenvalue weighted by atomic mass is 10.2. The summed E-state index contributed by atoms with van der Waals surface area (Å²) in [6, 6.07) is 17.9. The van der Waals surface area contributed by atoms with Crippen molar-refractivity contribution in [3.8, 4) is 23.0 Å². The van der Waals surface area contributed by atoms with Crippen molar-refractivity contribution in [2.24, 2.45) is 4.99 Å². The number of hydrogen-bond acceptors (Lipinski definition) is 5. The van der Waals surface area contributed by atoms with E-state index in [-0.39, 0.29) is 11.5 Å². The fraction of sp³-hybridized carbons (Fsp3) is 0. The van der Waals surface area contributed by atoms with E-state index >= 15 is 0 Å². The Bertz CT molecular complexity index is 1100. The normalized spacial score (nSPS) is 11.4. The van der Waals surface area contributed by atoms with Gasteiger partial charge in [0.1, 0.15) is 17.0 Å². The van der Waals surface area contributed by atoms with Gasteiger partial charge in [0.25, 0.3) is 0 Å². The summed E-state index contributed by atoms with van der Waals surface area (Å²) in [5, 5.41) is 19.5. The summed E-state index contributed by atoms with van der Waals surface area (Å²) in [5.41, 5.74) is 3.52. The monoisotopic (exact) mass is 408 g/mol. The first-order valence-corrected chi connectivity index (χ1v) is 8.61. The molecule has 3 aromatic carbocycles. The van der Waals surface area contributed by atoms with E-state index in [0.717, 1.165) is 16.7 Å². The fourth-order valence-electron chi connectivity index (χ4n) is 2.53. The number of rotatable bonds is 3. The molecule has 0 saturated heterocycles. The number of hydrogen-bond donors (Lipinski definition) is 2. The van der Waals surface area contributed by atoms with Gasteiger partial charge in [0.05, 0.1) is 10.2 Å². The van der Waals surface area contributed by atoms with Crippen LogP contribution >= 0.6 is 15.9 Å². The summed E-state index contributed by atoms with van der Waals surface area (Å²) < 4.78 is 6.27. The van der Waals surface area contributed by atoms with Crippen molar-refractivity contribution in [3.63, 3.8) is 0 Å². The molecule has 6 heteroatoms. The average molecular weight is 409 g/mol. The second-order valence-electron chi connectivity index (χ2n) is 5.66. The SMILES string of the molecule is Oc1cc(O)c(C=Nc2cccc(-c3nc4ccccc4o3)c2)cc1Br. The molecule has 4 aromatic rings. The number of para-hydroxylation sites is 2. The van der Waals surface area contributed by atoms with Gasteiger partial charge in [0, 0.05) is 23.4 Å². The van der Waals surface area contributed by atoms with Crippen molar-refractivity contribution in [1.82, 2.24) is 4.98 Å². The predicted octanol–water partition coefficient (Wildman–Crippen LogP) is 5.42. The van der Waals surface area contributed by atoms with Crippen LogP contribution in [0.5, 0.6) is 11.5 Å². The molecule has 0 aliphatic heterocycles. The van der Waals surface area contributed by atoms with Gasteiger partial charge < -0.3 is 14.6 Å². The first kappa shape index (κ1) is 16.4. The van der Waals surface area contributed by atoms with E-state index in [1.54, 1.807) is 6.07 Å². The molecule has 26 heavy (non-hydrogen) atoms. The molecule has 2 N–H and O–H groups in total. The Balaban J connectivity index is 1.66. The Morgan fingerprint density at radius 2 is 1.81 bits per heavy atom. The van der Waals surface area contributed by atoms with Gasteiger partial charge >= 0.3 is 0 Å². The molecule has 0 unspecified atom stereocenters. The summed E-state index contributed by atoms with van der Waals surface area (Å²) in [4.78, 5) is 8.88. The molecule has 0 amide bonds. The van der Waals surface area contributed by atoms with Gasteiger partial charge in [-0.25, -0.2) is 4.98 Å². The number of aliphatic imine (C=N–C) groups is 1. The molecule has 0 atom stereocenters. The van der Waals surface area contributed by atoms with Crippen LogP contribution in [0.2, 0.25) is 0 Å². The molecular formula is C20H13BrN2O3. The summed E-state index contributed by atoms with van der Waals surface area (Å²) in [7, 11) is 0. The molecule has 0 aliphatic rings. The molecule has 5 nitrogen and oxygen atoms in total. The number of phenolic OH excluding ortho intramolecular Hbond substituents is 2. The number of phenols is 2. The quantitative estimate of drug-likeness (QED) is 0.443. The molecule has 0 saturated carbocycles. The number of fused-ring (bicyclic) bond motifs is 1. The zero-order valence-electron chi connectivity index (χ0n) is 13.4. The van der Waals surface area contributed by atoms with Crippen molar-refractivity contribution in [3.05, 3.63) is 70.7 Å². The third-order valence-corrected chi connectivity index (χ3v) is 4.47. The van der Waals surface area contributed by atoms with E-state index in [0.29, 0.717) is 21.6 Å². The largest absolute Gasteiger partial charge is 0.507 e. The minimum atomic E-state index is -0.0513. The van der Waals surface area contributed by atoms with E-state index in [4.69, 9.17) is 4.42 Å². The van der Waals surface area contributed by atoms with E-state index in [2.05, 4.69) is 25.9 Å². The number of aromatic nitrogens is 1. The van der Waals surface area contributed by atoms with Gasteiger partial charge in [0.2, 0.25) is 5.89 Å². The molecule has 0 radical (unpaired) electrons. The Morgan fingerprint density at radius 3 is 2.65 bits per heavy atom. The minimum absolute atomic E-state index is 0.0300. The lowest BCUT2D eigenvalue weighted by Gasteiger charge is -2.02. The zero-order chi connectivity index (χ0) is 18.1. The highest BCUT2D eigenvalue weighted by Gasteiger charge is 2.08. The van der Waals surface area contributed by atoms with E-state index in [1.807, 2.05) is 48.5 Å². The summed E-state index contributed by atoms with van der Waals surface area (Å²) in [5.74, 6) is 0.445. The summed E-state index contributed by atoms with van der Waals surface area (Å²) in [6.07, 6.45) is 1.53. The number of oxazole rings is 1. The van der Waals surface area contributed by atoms with Gasteiger partial charge in [-0.1, -0.05) is 18.2 Å². The molecule has 128 valence electrons. The molecule has 1 aromatic heterocycles. The van der Waals surface area contributed by atoms with Crippen LogP contribution in [0, 0.1) is 0 Å². The lowest BCUT2D eigenvalue weighted by Crippen LogP contribution is -1.83. The fourth-order valence-corrected chi connectivity index (χ4v) is 2.89. The Labute approximate surface area is 157 Å². The zero-order valence-corrected chi connectivity index (χ0v) is 15.0. The number of aromatic hydroxyl groups is 2. The standard InChI is InChI=1S/C20H13BrN2O3/c21-15-9-13(17(24)10-18(15)25)11-22-14-5-3-4-12(8-14)20-23-16-6-1-2-7-19(16)26-20/h1-11,24-25H. The highest BCUT2D eigenvalue weighted by Crippen LogP contribution is 2.31. The van der Waals surface area contributed by atoms with Crippen molar-refractivity contribution in [2.75, 3.05) is 0 Å². The van der Waals surface area contributed by atoms with Crippen LogP contribution in [0.15, 0.2) is 74.5 Å². The minimum Gasteiger partial charge on any atom is -0.507 e. The van der Waals surface area contributed by atoms with Crippen LogP contribution in [0.4, 0.5) is 5.69 Å². The second-order valence-corrected chi connectivity index (χ2v) is 6.51. The van der Waals surface area contributed by atoms with Crippen LogP contribution in [-0.4, -0.2) is 21.4 Å². The third-order valence-electron chi connectivity index (χ3n) is 3.84. The van der Waals surface area contributed by atoms with Crippen LogP contribution in [-0.2, 0) is 0 Å². The lowest BCUT2D eigenvalue weighted by molar-refractivity contribution is 0.448. The van der Waals surface area contributed by atoms with Crippen LogP contribution in [0.3, 0.4) is 0 Å². The van der Waals surface area contributed by atoms with Crippen LogP contribution < -0.4 is 0 Å². The van der Waals surface area contributed by atoms with Crippen molar-refractivity contribution in [1.29, 1.82) is 0 Å². The van der Waals surface area contributed by atoms with Gasteiger partial charge in [-0.05, 0) is 52.3 Å². The maximum atomic E-state index is 9.91. The Hall–Kier alpha value is -3.12. The van der Waals surface area contributed by atoms with Gasteiger partial charge in [0.15, 0.2) is 5.58 Å². The molecule has 1 heterocycles. The molecule has 0 spiro atoms. The van der Waals surface area contributed by atoms with E-state index < -0.39 is 0 Å².